The average Bonchev–Trinajstić information content (AvgIpc) is 3.09. The molecule has 3 nitrogen and oxygen atoms in total. The van der Waals surface area contributed by atoms with E-state index in [9.17, 15) is 9.90 Å². The third-order valence-corrected chi connectivity index (χ3v) is 4.81. The molecular weight excluding hydrogens is 308 g/mol. The Labute approximate surface area is 121 Å². The highest BCUT2D eigenvalue weighted by Gasteiger charge is 2.47. The SMILES string of the molecule is CC(Cc1cc(Br)cc2c1OCC2)(C(=O)O)C1CC1. The molecular formula is C15H17BrO3. The van der Waals surface area contributed by atoms with Gasteiger partial charge in [0.1, 0.15) is 5.75 Å². The summed E-state index contributed by atoms with van der Waals surface area (Å²) in [6, 6.07) is 4.08. The molecule has 1 saturated carbocycles. The molecule has 1 heterocycles. The number of aliphatic carboxylic acids is 1. The summed E-state index contributed by atoms with van der Waals surface area (Å²) >= 11 is 3.51. The lowest BCUT2D eigenvalue weighted by molar-refractivity contribution is -0.149. The van der Waals surface area contributed by atoms with Crippen molar-refractivity contribution in [2.45, 2.75) is 32.6 Å². The summed E-state index contributed by atoms with van der Waals surface area (Å²) in [4.78, 5) is 11.6. The quantitative estimate of drug-likeness (QED) is 0.923. The zero-order valence-corrected chi connectivity index (χ0v) is 12.5. The fourth-order valence-electron chi connectivity index (χ4n) is 2.99. The van der Waals surface area contributed by atoms with Crippen LogP contribution < -0.4 is 4.74 Å². The van der Waals surface area contributed by atoms with Crippen LogP contribution >= 0.6 is 15.9 Å². The van der Waals surface area contributed by atoms with Gasteiger partial charge < -0.3 is 9.84 Å². The van der Waals surface area contributed by atoms with E-state index in [-0.39, 0.29) is 0 Å². The average molecular weight is 325 g/mol. The number of hydrogen-bond donors (Lipinski definition) is 1. The monoisotopic (exact) mass is 324 g/mol. The van der Waals surface area contributed by atoms with Gasteiger partial charge in [0.05, 0.1) is 12.0 Å². The molecule has 19 heavy (non-hydrogen) atoms. The molecule has 0 bridgehead atoms. The predicted octanol–water partition coefficient (Wildman–Crippen LogP) is 3.43. The molecule has 102 valence electrons. The van der Waals surface area contributed by atoms with Gasteiger partial charge in [-0.05, 0) is 55.4 Å². The van der Waals surface area contributed by atoms with Crippen molar-refractivity contribution in [1.29, 1.82) is 0 Å². The van der Waals surface area contributed by atoms with Crippen LogP contribution in [0, 0.1) is 11.3 Å². The van der Waals surface area contributed by atoms with Crippen molar-refractivity contribution < 1.29 is 14.6 Å². The van der Waals surface area contributed by atoms with Crippen molar-refractivity contribution in [3.8, 4) is 5.75 Å². The van der Waals surface area contributed by atoms with Gasteiger partial charge in [-0.1, -0.05) is 15.9 Å². The molecule has 1 aromatic rings. The molecule has 1 aliphatic carbocycles. The minimum atomic E-state index is -0.693. The molecule has 0 radical (unpaired) electrons. The van der Waals surface area contributed by atoms with Crippen LogP contribution in [-0.4, -0.2) is 17.7 Å². The largest absolute Gasteiger partial charge is 0.493 e. The zero-order valence-electron chi connectivity index (χ0n) is 10.9. The second kappa shape index (κ2) is 4.51. The highest BCUT2D eigenvalue weighted by Crippen LogP contribution is 2.49. The number of halogens is 1. The van der Waals surface area contributed by atoms with E-state index < -0.39 is 11.4 Å². The third kappa shape index (κ3) is 2.27. The van der Waals surface area contributed by atoms with E-state index in [0.29, 0.717) is 18.9 Å². The van der Waals surface area contributed by atoms with Gasteiger partial charge in [0.2, 0.25) is 0 Å². The van der Waals surface area contributed by atoms with E-state index in [1.807, 2.05) is 13.0 Å². The summed E-state index contributed by atoms with van der Waals surface area (Å²) in [5.74, 6) is 0.527. The first-order valence-corrected chi connectivity index (χ1v) is 7.47. The second-order valence-corrected chi connectivity index (χ2v) is 6.74. The Hall–Kier alpha value is -1.03. The first-order valence-electron chi connectivity index (χ1n) is 6.68. The van der Waals surface area contributed by atoms with Gasteiger partial charge in [-0.3, -0.25) is 4.79 Å². The minimum absolute atomic E-state index is 0.307. The Morgan fingerprint density at radius 2 is 2.26 bits per heavy atom. The van der Waals surface area contributed by atoms with Gasteiger partial charge in [-0.25, -0.2) is 0 Å². The second-order valence-electron chi connectivity index (χ2n) is 5.83. The standard InChI is InChI=1S/C15H17BrO3/c1-15(14(17)18,11-2-3-11)8-10-7-12(16)6-9-4-5-19-13(9)10/h6-7,11H,2-5,8H2,1H3,(H,17,18). The fourth-order valence-corrected chi connectivity index (χ4v) is 3.54. The van der Waals surface area contributed by atoms with Gasteiger partial charge in [-0.15, -0.1) is 0 Å². The van der Waals surface area contributed by atoms with Crippen molar-refractivity contribution in [2.75, 3.05) is 6.61 Å². The molecule has 2 aliphatic rings. The van der Waals surface area contributed by atoms with Crippen LogP contribution in [0.5, 0.6) is 5.75 Å². The van der Waals surface area contributed by atoms with Gasteiger partial charge in [0.25, 0.3) is 0 Å². The fraction of sp³-hybridized carbons (Fsp3) is 0.533. The molecule has 1 N–H and O–H groups in total. The summed E-state index contributed by atoms with van der Waals surface area (Å²) in [5, 5.41) is 9.57. The van der Waals surface area contributed by atoms with Crippen molar-refractivity contribution in [1.82, 2.24) is 0 Å². The number of benzene rings is 1. The molecule has 0 saturated heterocycles. The zero-order chi connectivity index (χ0) is 13.6. The first kappa shape index (κ1) is 13.0. The van der Waals surface area contributed by atoms with E-state index >= 15 is 0 Å². The van der Waals surface area contributed by atoms with Crippen LogP contribution in [-0.2, 0) is 17.6 Å². The van der Waals surface area contributed by atoms with Crippen molar-refractivity contribution in [3.63, 3.8) is 0 Å². The maximum Gasteiger partial charge on any atom is 0.309 e. The smallest absolute Gasteiger partial charge is 0.309 e. The van der Waals surface area contributed by atoms with E-state index in [1.54, 1.807) is 0 Å². The maximum absolute atomic E-state index is 11.6. The molecule has 1 atom stereocenters. The topological polar surface area (TPSA) is 46.5 Å². The highest BCUT2D eigenvalue weighted by atomic mass is 79.9. The lowest BCUT2D eigenvalue weighted by atomic mass is 9.78. The summed E-state index contributed by atoms with van der Waals surface area (Å²) in [6.45, 7) is 2.57. The molecule has 0 spiro atoms. The first-order chi connectivity index (χ1) is 9.00. The van der Waals surface area contributed by atoms with Gasteiger partial charge in [0.15, 0.2) is 0 Å². The van der Waals surface area contributed by atoms with Gasteiger partial charge in [-0.2, -0.15) is 0 Å². The number of fused-ring (bicyclic) bond motifs is 1. The van der Waals surface area contributed by atoms with Gasteiger partial charge in [0, 0.05) is 10.9 Å². The van der Waals surface area contributed by atoms with Crippen LogP contribution in [0.4, 0.5) is 0 Å². The van der Waals surface area contributed by atoms with E-state index in [2.05, 4.69) is 22.0 Å². The number of carboxylic acid groups (broad SMARTS) is 1. The van der Waals surface area contributed by atoms with Crippen molar-refractivity contribution >= 4 is 21.9 Å². The Balaban J connectivity index is 1.97. The number of ether oxygens (including phenoxy) is 1. The highest BCUT2D eigenvalue weighted by molar-refractivity contribution is 9.10. The van der Waals surface area contributed by atoms with E-state index in [4.69, 9.17) is 4.74 Å². The normalized spacial score (nSPS) is 20.5. The van der Waals surface area contributed by atoms with Crippen molar-refractivity contribution in [2.24, 2.45) is 11.3 Å². The lowest BCUT2D eigenvalue weighted by Gasteiger charge is -2.25. The van der Waals surface area contributed by atoms with Gasteiger partial charge >= 0.3 is 5.97 Å². The molecule has 0 amide bonds. The number of rotatable bonds is 4. The predicted molar refractivity (Wildman–Crippen MR) is 75.5 cm³/mol. The Bertz CT molecular complexity index is 536. The van der Waals surface area contributed by atoms with Crippen LogP contribution in [0.1, 0.15) is 30.9 Å². The van der Waals surface area contributed by atoms with E-state index in [1.165, 1.54) is 5.56 Å². The molecule has 3 rings (SSSR count). The molecule has 1 aromatic carbocycles. The van der Waals surface area contributed by atoms with Crippen molar-refractivity contribution in [3.05, 3.63) is 27.7 Å². The summed E-state index contributed by atoms with van der Waals surface area (Å²) in [7, 11) is 0. The lowest BCUT2D eigenvalue weighted by Crippen LogP contribution is -2.32. The van der Waals surface area contributed by atoms with Crippen LogP contribution in [0.15, 0.2) is 16.6 Å². The third-order valence-electron chi connectivity index (χ3n) is 4.35. The maximum atomic E-state index is 11.6. The Morgan fingerprint density at radius 3 is 2.89 bits per heavy atom. The van der Waals surface area contributed by atoms with Crippen LogP contribution in [0.2, 0.25) is 0 Å². The summed E-state index contributed by atoms with van der Waals surface area (Å²) < 4.78 is 6.71. The number of carboxylic acids is 1. The minimum Gasteiger partial charge on any atom is -0.493 e. The summed E-state index contributed by atoms with van der Waals surface area (Å²) in [6.07, 6.45) is 3.52. The van der Waals surface area contributed by atoms with Crippen LogP contribution in [0.3, 0.4) is 0 Å². The Morgan fingerprint density at radius 1 is 1.53 bits per heavy atom. The number of hydrogen-bond acceptors (Lipinski definition) is 2. The summed E-state index contributed by atoms with van der Waals surface area (Å²) in [5.41, 5.74) is 1.55. The molecule has 1 unspecified atom stereocenters. The Kier molecular flexibility index (Phi) is 3.08. The van der Waals surface area contributed by atoms with Crippen LogP contribution in [0.25, 0.3) is 0 Å². The molecule has 4 heteroatoms. The molecule has 1 fully saturated rings. The van der Waals surface area contributed by atoms with E-state index in [0.717, 1.165) is 35.0 Å². The molecule has 1 aliphatic heterocycles. The molecule has 0 aromatic heterocycles. The number of carbonyl (C=O) groups is 1.